The van der Waals surface area contributed by atoms with E-state index >= 15 is 0 Å². The van der Waals surface area contributed by atoms with Gasteiger partial charge < -0.3 is 0 Å². The minimum Gasteiger partial charge on any atom is -0.249 e. The van der Waals surface area contributed by atoms with Gasteiger partial charge >= 0.3 is 0 Å². The second kappa shape index (κ2) is 6.11. The van der Waals surface area contributed by atoms with Gasteiger partial charge in [-0.15, -0.1) is 11.3 Å². The maximum atomic E-state index is 12.2. The molecular weight excluding hydrogens is 324 g/mol. The van der Waals surface area contributed by atoms with Crippen LogP contribution in [0.5, 0.6) is 0 Å². The van der Waals surface area contributed by atoms with Crippen molar-refractivity contribution in [2.24, 2.45) is 0 Å². The van der Waals surface area contributed by atoms with Crippen LogP contribution < -0.4 is 4.72 Å². The average molecular weight is 338 g/mol. The minimum atomic E-state index is -3.42. The van der Waals surface area contributed by atoms with Crippen LogP contribution in [0.25, 0.3) is 11.0 Å². The van der Waals surface area contributed by atoms with Gasteiger partial charge in [0.2, 0.25) is 10.0 Å². The second-order valence-corrected chi connectivity index (χ2v) is 7.70. The van der Waals surface area contributed by atoms with Gasteiger partial charge in [-0.1, -0.05) is 13.0 Å². The molecule has 9 heteroatoms. The number of benzene rings is 1. The lowest BCUT2D eigenvalue weighted by atomic mass is 10.2. The number of hydrogen-bond donors (Lipinski definition) is 1. The number of sulfonamides is 1. The van der Waals surface area contributed by atoms with Crippen molar-refractivity contribution in [1.82, 2.24) is 20.0 Å². The van der Waals surface area contributed by atoms with Crippen LogP contribution in [0.15, 0.2) is 34.4 Å². The summed E-state index contributed by atoms with van der Waals surface area (Å²) in [6.45, 7) is 2.26. The van der Waals surface area contributed by atoms with Gasteiger partial charge in [0.05, 0.1) is 10.8 Å². The predicted molar refractivity (Wildman–Crippen MR) is 83.0 cm³/mol. The standard InChI is InChI=1S/C13H14N4O3S2/c1-9(13-14-4-5-21-13)7-15-22(18,19)8-10-2-3-11-12(6-10)17-20-16-11/h2-6,9,15H,7-8H2,1H3. The molecule has 0 amide bonds. The molecule has 1 atom stereocenters. The van der Waals surface area contributed by atoms with E-state index in [9.17, 15) is 8.42 Å². The first kappa shape index (κ1) is 15.1. The Morgan fingerprint density at radius 1 is 1.32 bits per heavy atom. The van der Waals surface area contributed by atoms with Crippen molar-refractivity contribution in [1.29, 1.82) is 0 Å². The molecule has 0 saturated carbocycles. The van der Waals surface area contributed by atoms with E-state index in [2.05, 4.69) is 24.6 Å². The highest BCUT2D eigenvalue weighted by molar-refractivity contribution is 7.88. The minimum absolute atomic E-state index is 0.0389. The summed E-state index contributed by atoms with van der Waals surface area (Å²) >= 11 is 1.52. The molecule has 7 nitrogen and oxygen atoms in total. The lowest BCUT2D eigenvalue weighted by Gasteiger charge is -2.10. The fraction of sp³-hybridized carbons (Fsp3) is 0.308. The van der Waals surface area contributed by atoms with Gasteiger partial charge in [0.1, 0.15) is 11.0 Å². The van der Waals surface area contributed by atoms with E-state index < -0.39 is 10.0 Å². The topological polar surface area (TPSA) is 98.0 Å². The van der Waals surface area contributed by atoms with E-state index in [0.29, 0.717) is 23.1 Å². The van der Waals surface area contributed by atoms with Gasteiger partial charge in [0, 0.05) is 24.0 Å². The summed E-state index contributed by atoms with van der Waals surface area (Å²) in [5.41, 5.74) is 1.79. The van der Waals surface area contributed by atoms with E-state index in [1.807, 2.05) is 12.3 Å². The van der Waals surface area contributed by atoms with Crippen LogP contribution in [-0.4, -0.2) is 30.3 Å². The normalized spacial score (nSPS) is 13.5. The first-order valence-corrected chi connectivity index (χ1v) is 9.14. The van der Waals surface area contributed by atoms with Gasteiger partial charge in [-0.05, 0) is 28.0 Å². The average Bonchev–Trinajstić information content (AvgIpc) is 3.15. The molecular formula is C13H14N4O3S2. The highest BCUT2D eigenvalue weighted by atomic mass is 32.2. The van der Waals surface area contributed by atoms with E-state index in [4.69, 9.17) is 0 Å². The molecule has 1 aromatic carbocycles. The van der Waals surface area contributed by atoms with Crippen LogP contribution in [0.1, 0.15) is 23.4 Å². The van der Waals surface area contributed by atoms with E-state index in [1.165, 1.54) is 11.3 Å². The van der Waals surface area contributed by atoms with Crippen LogP contribution in [0.4, 0.5) is 0 Å². The number of nitrogens with zero attached hydrogens (tertiary/aromatic N) is 3. The fourth-order valence-corrected chi connectivity index (χ4v) is 3.93. The summed E-state index contributed by atoms with van der Waals surface area (Å²) in [4.78, 5) is 4.19. The Balaban J connectivity index is 1.65. The number of aromatic nitrogens is 3. The third-order valence-corrected chi connectivity index (χ3v) is 5.48. The highest BCUT2D eigenvalue weighted by Gasteiger charge is 2.16. The molecule has 0 saturated heterocycles. The Kier molecular flexibility index (Phi) is 4.19. The van der Waals surface area contributed by atoms with Gasteiger partial charge in [-0.3, -0.25) is 0 Å². The molecule has 2 aromatic heterocycles. The van der Waals surface area contributed by atoms with Gasteiger partial charge in [0.15, 0.2) is 0 Å². The summed E-state index contributed by atoms with van der Waals surface area (Å²) in [6.07, 6.45) is 1.71. The largest absolute Gasteiger partial charge is 0.249 e. The number of rotatable bonds is 6. The number of hydrogen-bond acceptors (Lipinski definition) is 7. The molecule has 3 aromatic rings. The molecule has 2 heterocycles. The van der Waals surface area contributed by atoms with Crippen LogP contribution in [0, 0.1) is 0 Å². The molecule has 3 rings (SSSR count). The van der Waals surface area contributed by atoms with Crippen molar-refractivity contribution in [2.45, 2.75) is 18.6 Å². The van der Waals surface area contributed by atoms with Crippen LogP contribution >= 0.6 is 11.3 Å². The van der Waals surface area contributed by atoms with Crippen LogP contribution in [0.3, 0.4) is 0 Å². The molecule has 0 radical (unpaired) electrons. The molecule has 0 spiro atoms. The lowest BCUT2D eigenvalue weighted by molar-refractivity contribution is 0.315. The smallest absolute Gasteiger partial charge is 0.215 e. The monoisotopic (exact) mass is 338 g/mol. The molecule has 1 unspecified atom stereocenters. The van der Waals surface area contributed by atoms with Gasteiger partial charge in [-0.2, -0.15) is 0 Å². The molecule has 0 aliphatic rings. The Hall–Kier alpha value is -1.84. The zero-order valence-corrected chi connectivity index (χ0v) is 13.4. The first-order valence-electron chi connectivity index (χ1n) is 6.61. The van der Waals surface area contributed by atoms with Crippen LogP contribution in [0.2, 0.25) is 0 Å². The second-order valence-electron chi connectivity index (χ2n) is 4.97. The Labute approximate surface area is 131 Å². The molecule has 0 bridgehead atoms. The maximum Gasteiger partial charge on any atom is 0.215 e. The molecule has 0 aliphatic carbocycles. The molecule has 0 aliphatic heterocycles. The summed E-state index contributed by atoms with van der Waals surface area (Å²) in [6, 6.07) is 5.06. The SMILES string of the molecule is CC(CNS(=O)(=O)Cc1ccc2nonc2c1)c1nccs1. The zero-order chi connectivity index (χ0) is 15.6. The van der Waals surface area contributed by atoms with Crippen molar-refractivity contribution in [3.63, 3.8) is 0 Å². The van der Waals surface area contributed by atoms with Crippen molar-refractivity contribution in [3.8, 4) is 0 Å². The van der Waals surface area contributed by atoms with Gasteiger partial charge in [0.25, 0.3) is 0 Å². The first-order chi connectivity index (χ1) is 10.5. The van der Waals surface area contributed by atoms with Crippen molar-refractivity contribution in [3.05, 3.63) is 40.3 Å². The van der Waals surface area contributed by atoms with E-state index in [0.717, 1.165) is 5.01 Å². The van der Waals surface area contributed by atoms with Crippen molar-refractivity contribution in [2.75, 3.05) is 6.54 Å². The van der Waals surface area contributed by atoms with Gasteiger partial charge in [-0.25, -0.2) is 22.8 Å². The molecule has 22 heavy (non-hydrogen) atoms. The highest BCUT2D eigenvalue weighted by Crippen LogP contribution is 2.17. The van der Waals surface area contributed by atoms with Crippen molar-refractivity contribution >= 4 is 32.4 Å². The fourth-order valence-electron chi connectivity index (χ4n) is 2.01. The quantitative estimate of drug-likeness (QED) is 0.737. The molecule has 1 N–H and O–H groups in total. The zero-order valence-electron chi connectivity index (χ0n) is 11.8. The Bertz CT molecular complexity index is 858. The number of fused-ring (bicyclic) bond motifs is 1. The molecule has 116 valence electrons. The Morgan fingerprint density at radius 3 is 2.91 bits per heavy atom. The summed E-state index contributed by atoms with van der Waals surface area (Å²) in [7, 11) is -3.42. The lowest BCUT2D eigenvalue weighted by Crippen LogP contribution is -2.28. The van der Waals surface area contributed by atoms with E-state index in [1.54, 1.807) is 24.4 Å². The number of nitrogens with one attached hydrogen (secondary N) is 1. The number of thiazole rings is 1. The predicted octanol–water partition coefficient (Wildman–Crippen LogP) is 1.90. The summed E-state index contributed by atoms with van der Waals surface area (Å²) in [5, 5.41) is 10.2. The Morgan fingerprint density at radius 2 is 2.14 bits per heavy atom. The third-order valence-electron chi connectivity index (χ3n) is 3.16. The van der Waals surface area contributed by atoms with Crippen LogP contribution in [-0.2, 0) is 15.8 Å². The van der Waals surface area contributed by atoms with E-state index in [-0.39, 0.29) is 11.7 Å². The maximum absolute atomic E-state index is 12.2. The summed E-state index contributed by atoms with van der Waals surface area (Å²) < 4.78 is 31.5. The summed E-state index contributed by atoms with van der Waals surface area (Å²) in [5.74, 6) is -0.0718. The third kappa shape index (κ3) is 3.49. The van der Waals surface area contributed by atoms with Crippen molar-refractivity contribution < 1.29 is 13.0 Å². The molecule has 0 fully saturated rings.